The van der Waals surface area contributed by atoms with Crippen LogP contribution in [0.1, 0.15) is 39.5 Å². The molecular weight excluding hydrogens is 252 g/mol. The second-order valence-corrected chi connectivity index (χ2v) is 5.79. The van der Waals surface area contributed by atoms with Gasteiger partial charge >= 0.3 is 5.97 Å². The molecule has 1 fully saturated rings. The molecule has 0 aromatic heterocycles. The van der Waals surface area contributed by atoms with E-state index in [1.807, 2.05) is 19.9 Å². The van der Waals surface area contributed by atoms with Crippen LogP contribution >= 0.6 is 0 Å². The third-order valence-electron chi connectivity index (χ3n) is 4.45. The number of aryl methyl sites for hydroxylation is 1. The number of ether oxygens (including phenoxy) is 1. The Morgan fingerprint density at radius 3 is 2.70 bits per heavy atom. The molecule has 110 valence electrons. The minimum Gasteiger partial charge on any atom is -0.465 e. The van der Waals surface area contributed by atoms with Crippen LogP contribution in [0.15, 0.2) is 12.1 Å². The summed E-state index contributed by atoms with van der Waals surface area (Å²) >= 11 is 0. The van der Waals surface area contributed by atoms with Crippen molar-refractivity contribution in [2.75, 3.05) is 27.2 Å². The van der Waals surface area contributed by atoms with Gasteiger partial charge < -0.3 is 10.5 Å². The van der Waals surface area contributed by atoms with Crippen LogP contribution in [0.25, 0.3) is 0 Å². The van der Waals surface area contributed by atoms with E-state index in [9.17, 15) is 4.79 Å². The van der Waals surface area contributed by atoms with Gasteiger partial charge in [0.1, 0.15) is 0 Å². The van der Waals surface area contributed by atoms with Gasteiger partial charge in [0.15, 0.2) is 0 Å². The second-order valence-electron chi connectivity index (χ2n) is 5.79. The number of carbonyl (C=O) groups is 1. The van der Waals surface area contributed by atoms with Crippen molar-refractivity contribution >= 4 is 5.97 Å². The van der Waals surface area contributed by atoms with Crippen molar-refractivity contribution in [1.29, 1.82) is 0 Å². The smallest absolute Gasteiger partial charge is 0.338 e. The third kappa shape index (κ3) is 2.72. The Kier molecular flexibility index (Phi) is 4.45. The number of carbonyl (C=O) groups excluding carboxylic acids is 1. The lowest BCUT2D eigenvalue weighted by atomic mass is 9.93. The van der Waals surface area contributed by atoms with Crippen LogP contribution in [0.5, 0.6) is 0 Å². The number of nitrogens with zero attached hydrogens (tertiary/aromatic N) is 1. The number of benzene rings is 1. The van der Waals surface area contributed by atoms with Gasteiger partial charge in [-0.2, -0.15) is 0 Å². The molecule has 0 amide bonds. The number of rotatable bonds is 3. The summed E-state index contributed by atoms with van der Waals surface area (Å²) in [6, 6.07) is 4.50. The van der Waals surface area contributed by atoms with E-state index in [-0.39, 0.29) is 5.97 Å². The van der Waals surface area contributed by atoms with Gasteiger partial charge in [0, 0.05) is 12.6 Å². The molecule has 2 rings (SSSR count). The van der Waals surface area contributed by atoms with Gasteiger partial charge in [-0.15, -0.1) is 0 Å². The first kappa shape index (κ1) is 15.0. The molecule has 0 bridgehead atoms. The molecule has 1 aromatic carbocycles. The number of hydrogen-bond donors (Lipinski definition) is 1. The lowest BCUT2D eigenvalue weighted by molar-refractivity contribution is 0.0599. The van der Waals surface area contributed by atoms with Crippen molar-refractivity contribution in [3.05, 3.63) is 34.4 Å². The first-order valence-electron chi connectivity index (χ1n) is 7.07. The molecule has 0 saturated carbocycles. The molecular formula is C16H24N2O2. The Morgan fingerprint density at radius 2 is 2.15 bits per heavy atom. The average molecular weight is 276 g/mol. The SMILES string of the molecule is COC(=O)c1cc(C2CC(CN)CN2C)cc(C)c1C. The summed E-state index contributed by atoms with van der Waals surface area (Å²) in [6.45, 7) is 5.74. The maximum absolute atomic E-state index is 11.9. The van der Waals surface area contributed by atoms with E-state index in [0.717, 1.165) is 30.6 Å². The van der Waals surface area contributed by atoms with E-state index in [4.69, 9.17) is 10.5 Å². The van der Waals surface area contributed by atoms with E-state index < -0.39 is 0 Å². The molecule has 1 aliphatic heterocycles. The predicted octanol–water partition coefficient (Wildman–Crippen LogP) is 2.04. The summed E-state index contributed by atoms with van der Waals surface area (Å²) in [6.07, 6.45) is 1.05. The predicted molar refractivity (Wildman–Crippen MR) is 79.8 cm³/mol. The zero-order valence-electron chi connectivity index (χ0n) is 12.8. The summed E-state index contributed by atoms with van der Waals surface area (Å²) in [7, 11) is 3.54. The molecule has 2 atom stereocenters. The summed E-state index contributed by atoms with van der Waals surface area (Å²) in [5.74, 6) is 0.275. The Balaban J connectivity index is 2.38. The summed E-state index contributed by atoms with van der Waals surface area (Å²) in [5.41, 5.74) is 9.78. The normalized spacial score (nSPS) is 23.1. The molecule has 2 N–H and O–H groups in total. The van der Waals surface area contributed by atoms with Gasteiger partial charge in [-0.1, -0.05) is 6.07 Å². The first-order chi connectivity index (χ1) is 9.47. The number of esters is 1. The quantitative estimate of drug-likeness (QED) is 0.858. The first-order valence-corrected chi connectivity index (χ1v) is 7.07. The Morgan fingerprint density at radius 1 is 1.45 bits per heavy atom. The number of hydrogen-bond acceptors (Lipinski definition) is 4. The van der Waals surface area contributed by atoms with E-state index in [2.05, 4.69) is 18.0 Å². The fourth-order valence-corrected chi connectivity index (χ4v) is 3.07. The summed E-state index contributed by atoms with van der Waals surface area (Å²) in [5, 5.41) is 0. The standard InChI is InChI=1S/C16H24N2O2/c1-10-5-13(7-14(11(10)2)16(19)20-4)15-6-12(8-17)9-18(15)3/h5,7,12,15H,6,8-9,17H2,1-4H3. The maximum Gasteiger partial charge on any atom is 0.338 e. The summed E-state index contributed by atoms with van der Waals surface area (Å²) < 4.78 is 4.89. The molecule has 1 aromatic rings. The Bertz CT molecular complexity index is 513. The molecule has 2 unspecified atom stereocenters. The maximum atomic E-state index is 11.9. The Hall–Kier alpha value is -1.39. The number of methoxy groups -OCH3 is 1. The molecule has 0 radical (unpaired) electrons. The average Bonchev–Trinajstić information content (AvgIpc) is 2.82. The van der Waals surface area contributed by atoms with Gasteiger partial charge in [0.2, 0.25) is 0 Å². The fraction of sp³-hybridized carbons (Fsp3) is 0.562. The lowest BCUT2D eigenvalue weighted by Gasteiger charge is -2.21. The molecule has 1 saturated heterocycles. The zero-order valence-corrected chi connectivity index (χ0v) is 12.8. The third-order valence-corrected chi connectivity index (χ3v) is 4.45. The molecule has 4 heteroatoms. The molecule has 0 aliphatic carbocycles. The van der Waals surface area contributed by atoms with Crippen LogP contribution in [0.2, 0.25) is 0 Å². The topological polar surface area (TPSA) is 55.6 Å². The van der Waals surface area contributed by atoms with Crippen LogP contribution in [-0.4, -0.2) is 38.1 Å². The fourth-order valence-electron chi connectivity index (χ4n) is 3.07. The van der Waals surface area contributed by atoms with Crippen LogP contribution in [-0.2, 0) is 4.74 Å². The van der Waals surface area contributed by atoms with Crippen molar-refractivity contribution < 1.29 is 9.53 Å². The zero-order chi connectivity index (χ0) is 14.9. The lowest BCUT2D eigenvalue weighted by Crippen LogP contribution is -2.21. The van der Waals surface area contributed by atoms with E-state index >= 15 is 0 Å². The van der Waals surface area contributed by atoms with Gasteiger partial charge in [0.05, 0.1) is 12.7 Å². The molecule has 0 spiro atoms. The Labute approximate surface area is 120 Å². The van der Waals surface area contributed by atoms with E-state index in [0.29, 0.717) is 17.5 Å². The van der Waals surface area contributed by atoms with Crippen molar-refractivity contribution in [3.63, 3.8) is 0 Å². The van der Waals surface area contributed by atoms with Crippen LogP contribution in [0.3, 0.4) is 0 Å². The largest absolute Gasteiger partial charge is 0.465 e. The summed E-state index contributed by atoms with van der Waals surface area (Å²) in [4.78, 5) is 14.2. The number of nitrogens with two attached hydrogens (primary N) is 1. The molecule has 1 heterocycles. The van der Waals surface area contributed by atoms with E-state index in [1.54, 1.807) is 0 Å². The van der Waals surface area contributed by atoms with Crippen molar-refractivity contribution in [1.82, 2.24) is 4.90 Å². The highest BCUT2D eigenvalue weighted by atomic mass is 16.5. The van der Waals surface area contributed by atoms with Crippen LogP contribution < -0.4 is 5.73 Å². The monoisotopic (exact) mass is 276 g/mol. The van der Waals surface area contributed by atoms with Crippen LogP contribution in [0.4, 0.5) is 0 Å². The second kappa shape index (κ2) is 5.94. The number of likely N-dealkylation sites (tertiary alicyclic amines) is 1. The highest BCUT2D eigenvalue weighted by molar-refractivity contribution is 5.91. The van der Waals surface area contributed by atoms with Gasteiger partial charge in [-0.3, -0.25) is 4.90 Å². The van der Waals surface area contributed by atoms with Gasteiger partial charge in [0.25, 0.3) is 0 Å². The minimum absolute atomic E-state index is 0.261. The molecule has 20 heavy (non-hydrogen) atoms. The van der Waals surface area contributed by atoms with Crippen molar-refractivity contribution in [2.45, 2.75) is 26.3 Å². The molecule has 4 nitrogen and oxygen atoms in total. The van der Waals surface area contributed by atoms with Crippen LogP contribution in [0, 0.1) is 19.8 Å². The van der Waals surface area contributed by atoms with Gasteiger partial charge in [-0.25, -0.2) is 4.79 Å². The highest BCUT2D eigenvalue weighted by Crippen LogP contribution is 2.35. The van der Waals surface area contributed by atoms with Crippen molar-refractivity contribution in [3.8, 4) is 0 Å². The van der Waals surface area contributed by atoms with Gasteiger partial charge in [-0.05, 0) is 62.5 Å². The molecule has 1 aliphatic rings. The van der Waals surface area contributed by atoms with E-state index in [1.165, 1.54) is 12.7 Å². The van der Waals surface area contributed by atoms with Crippen molar-refractivity contribution in [2.24, 2.45) is 11.7 Å². The highest BCUT2D eigenvalue weighted by Gasteiger charge is 2.30. The minimum atomic E-state index is -0.261.